The lowest BCUT2D eigenvalue weighted by Crippen LogP contribution is -2.33. The first kappa shape index (κ1) is 19.1. The van der Waals surface area contributed by atoms with Crippen molar-refractivity contribution in [3.63, 3.8) is 0 Å². The van der Waals surface area contributed by atoms with Crippen LogP contribution in [0.15, 0.2) is 53.4 Å². The van der Waals surface area contributed by atoms with Gasteiger partial charge in [0.05, 0.1) is 4.91 Å². The van der Waals surface area contributed by atoms with Crippen molar-refractivity contribution in [3.8, 4) is 5.75 Å². The Morgan fingerprint density at radius 2 is 1.85 bits per heavy atom. The Hall–Kier alpha value is -2.71. The highest BCUT2D eigenvalue weighted by Gasteiger charge is 2.33. The summed E-state index contributed by atoms with van der Waals surface area (Å²) < 4.78 is 18.8. The number of thiocarbonyl (C=S) groups is 1. The van der Waals surface area contributed by atoms with E-state index < -0.39 is 18.4 Å². The van der Waals surface area contributed by atoms with Crippen LogP contribution >= 0.6 is 24.0 Å². The van der Waals surface area contributed by atoms with Gasteiger partial charge in [0.2, 0.25) is 0 Å². The van der Waals surface area contributed by atoms with Crippen LogP contribution < -0.4 is 4.74 Å². The molecule has 0 aromatic heterocycles. The molecule has 1 aliphatic heterocycles. The van der Waals surface area contributed by atoms with E-state index in [9.17, 15) is 14.0 Å². The number of carbonyl (C=O) groups is 2. The van der Waals surface area contributed by atoms with Gasteiger partial charge in [-0.25, -0.2) is 4.39 Å². The molecule has 8 heteroatoms. The minimum atomic E-state index is -1.12. The van der Waals surface area contributed by atoms with Gasteiger partial charge >= 0.3 is 5.97 Å². The van der Waals surface area contributed by atoms with E-state index in [0.29, 0.717) is 17.3 Å². The van der Waals surface area contributed by atoms with Gasteiger partial charge in [-0.1, -0.05) is 48.2 Å². The maximum absolute atomic E-state index is 12.9. The molecule has 0 saturated carbocycles. The predicted octanol–water partition coefficient (Wildman–Crippen LogP) is 3.69. The number of ether oxygens (including phenoxy) is 1. The monoisotopic (exact) mass is 403 g/mol. The molecule has 1 N–H and O–H groups in total. The third-order valence-corrected chi connectivity index (χ3v) is 5.04. The third-order valence-electron chi connectivity index (χ3n) is 3.66. The first-order valence-electron chi connectivity index (χ1n) is 7.87. The lowest BCUT2D eigenvalue weighted by atomic mass is 10.2. The number of carboxylic acid groups (broad SMARTS) is 1. The lowest BCUT2D eigenvalue weighted by Gasteiger charge is -2.10. The molecule has 1 saturated heterocycles. The molecule has 1 amide bonds. The molecular formula is C19H14FNO4S2. The average molecular weight is 403 g/mol. The van der Waals surface area contributed by atoms with Gasteiger partial charge in [-0.2, -0.15) is 0 Å². The van der Waals surface area contributed by atoms with E-state index in [-0.39, 0.29) is 10.1 Å². The SMILES string of the molecule is O=C(O)CN1C(=O)/C(=C\c2ccc(OCc3ccc(F)cc3)cc2)SC1=S. The Morgan fingerprint density at radius 3 is 2.48 bits per heavy atom. The van der Waals surface area contributed by atoms with Crippen molar-refractivity contribution >= 4 is 46.3 Å². The van der Waals surface area contributed by atoms with E-state index in [4.69, 9.17) is 22.1 Å². The highest BCUT2D eigenvalue weighted by molar-refractivity contribution is 8.26. The molecule has 0 aliphatic carbocycles. The van der Waals surface area contributed by atoms with Crippen molar-refractivity contribution in [1.82, 2.24) is 4.90 Å². The van der Waals surface area contributed by atoms with Crippen LogP contribution in [0.25, 0.3) is 6.08 Å². The molecule has 0 unspecified atom stereocenters. The second kappa shape index (κ2) is 8.32. The number of nitrogens with zero attached hydrogens (tertiary/aromatic N) is 1. The van der Waals surface area contributed by atoms with Gasteiger partial charge in [0.25, 0.3) is 5.91 Å². The molecule has 27 heavy (non-hydrogen) atoms. The summed E-state index contributed by atoms with van der Waals surface area (Å²) in [5.41, 5.74) is 1.61. The summed E-state index contributed by atoms with van der Waals surface area (Å²) in [5, 5.41) is 8.85. The highest BCUT2D eigenvalue weighted by atomic mass is 32.2. The fourth-order valence-corrected chi connectivity index (χ4v) is 3.59. The molecule has 1 heterocycles. The molecule has 5 nitrogen and oxygen atoms in total. The zero-order chi connectivity index (χ0) is 19.4. The Labute approximate surface area is 164 Å². The predicted molar refractivity (Wildman–Crippen MR) is 105 cm³/mol. The third kappa shape index (κ3) is 4.93. The minimum absolute atomic E-state index is 0.230. The number of hydrogen-bond donors (Lipinski definition) is 1. The second-order valence-corrected chi connectivity index (χ2v) is 7.32. The molecule has 0 spiro atoms. The standard InChI is InChI=1S/C19H14FNO4S2/c20-14-5-1-13(2-6-14)11-25-15-7-3-12(4-8-15)9-16-18(24)21(10-17(22)23)19(26)27-16/h1-9H,10-11H2,(H,22,23)/b16-9+. The number of carboxylic acids is 1. The van der Waals surface area contributed by atoms with Crippen LogP contribution in [0.1, 0.15) is 11.1 Å². The van der Waals surface area contributed by atoms with Crippen LogP contribution in [0.4, 0.5) is 4.39 Å². The largest absolute Gasteiger partial charge is 0.489 e. The smallest absolute Gasteiger partial charge is 0.323 e. The van der Waals surface area contributed by atoms with Gasteiger partial charge < -0.3 is 9.84 Å². The number of carbonyl (C=O) groups excluding carboxylic acids is 1. The first-order chi connectivity index (χ1) is 12.9. The van der Waals surface area contributed by atoms with Crippen molar-refractivity contribution in [1.29, 1.82) is 0 Å². The van der Waals surface area contributed by atoms with Crippen molar-refractivity contribution < 1.29 is 23.8 Å². The van der Waals surface area contributed by atoms with Gasteiger partial charge in [0.1, 0.15) is 29.0 Å². The van der Waals surface area contributed by atoms with E-state index >= 15 is 0 Å². The zero-order valence-electron chi connectivity index (χ0n) is 13.9. The van der Waals surface area contributed by atoms with Gasteiger partial charge in [-0.15, -0.1) is 0 Å². The maximum atomic E-state index is 12.9. The molecule has 1 fully saturated rings. The Kier molecular flexibility index (Phi) is 5.88. The molecule has 0 radical (unpaired) electrons. The number of amides is 1. The van der Waals surface area contributed by atoms with Gasteiger partial charge in [0.15, 0.2) is 0 Å². The summed E-state index contributed by atoms with van der Waals surface area (Å²) >= 11 is 6.13. The summed E-state index contributed by atoms with van der Waals surface area (Å²) in [6.07, 6.45) is 1.66. The van der Waals surface area contributed by atoms with Crippen LogP contribution in [-0.2, 0) is 16.2 Å². The minimum Gasteiger partial charge on any atom is -0.489 e. The van der Waals surface area contributed by atoms with E-state index in [1.54, 1.807) is 42.5 Å². The quantitative estimate of drug-likeness (QED) is 0.586. The maximum Gasteiger partial charge on any atom is 0.323 e. The number of rotatable bonds is 6. The van der Waals surface area contributed by atoms with Crippen molar-refractivity contribution in [2.24, 2.45) is 0 Å². The second-order valence-electron chi connectivity index (χ2n) is 5.65. The normalized spacial score (nSPS) is 15.4. The summed E-state index contributed by atoms with van der Waals surface area (Å²) in [6.45, 7) is -0.133. The van der Waals surface area contributed by atoms with Crippen molar-refractivity contribution in [3.05, 3.63) is 70.4 Å². The Morgan fingerprint density at radius 1 is 1.19 bits per heavy atom. The van der Waals surface area contributed by atoms with Crippen LogP contribution in [0.5, 0.6) is 5.75 Å². The highest BCUT2D eigenvalue weighted by Crippen LogP contribution is 2.32. The average Bonchev–Trinajstić information content (AvgIpc) is 2.89. The number of benzene rings is 2. The molecular weight excluding hydrogens is 389 g/mol. The van der Waals surface area contributed by atoms with E-state index in [1.807, 2.05) is 0 Å². The van der Waals surface area contributed by atoms with Crippen molar-refractivity contribution in [2.75, 3.05) is 6.54 Å². The van der Waals surface area contributed by atoms with Crippen LogP contribution in [0.3, 0.4) is 0 Å². The molecule has 1 aliphatic rings. The summed E-state index contributed by atoms with van der Waals surface area (Å²) in [5.74, 6) is -1.19. The number of halogens is 1. The topological polar surface area (TPSA) is 66.8 Å². The molecule has 2 aromatic carbocycles. The van der Waals surface area contributed by atoms with E-state index in [2.05, 4.69) is 0 Å². The molecule has 0 bridgehead atoms. The number of aliphatic carboxylic acids is 1. The van der Waals surface area contributed by atoms with E-state index in [0.717, 1.165) is 27.8 Å². The summed E-state index contributed by atoms with van der Waals surface area (Å²) in [6, 6.07) is 13.1. The fraction of sp³-hybridized carbons (Fsp3) is 0.105. The van der Waals surface area contributed by atoms with Gasteiger partial charge in [-0.3, -0.25) is 14.5 Å². The van der Waals surface area contributed by atoms with E-state index in [1.165, 1.54) is 12.1 Å². The number of hydrogen-bond acceptors (Lipinski definition) is 5. The van der Waals surface area contributed by atoms with Crippen LogP contribution in [0, 0.1) is 5.82 Å². The Balaban J connectivity index is 1.64. The van der Waals surface area contributed by atoms with Gasteiger partial charge in [0, 0.05) is 0 Å². The number of thioether (sulfide) groups is 1. The van der Waals surface area contributed by atoms with Gasteiger partial charge in [-0.05, 0) is 41.5 Å². The first-order valence-corrected chi connectivity index (χ1v) is 9.09. The summed E-state index contributed by atoms with van der Waals surface area (Å²) in [4.78, 5) is 24.5. The lowest BCUT2D eigenvalue weighted by molar-refractivity contribution is -0.140. The molecule has 2 aromatic rings. The fourth-order valence-electron chi connectivity index (χ4n) is 2.33. The molecule has 3 rings (SSSR count). The van der Waals surface area contributed by atoms with Crippen LogP contribution in [0.2, 0.25) is 0 Å². The molecule has 138 valence electrons. The van der Waals surface area contributed by atoms with Crippen molar-refractivity contribution in [2.45, 2.75) is 6.61 Å². The molecule has 0 atom stereocenters. The Bertz CT molecular complexity index is 910. The zero-order valence-corrected chi connectivity index (χ0v) is 15.6. The van der Waals surface area contributed by atoms with Crippen LogP contribution in [-0.4, -0.2) is 32.7 Å². The summed E-state index contributed by atoms with van der Waals surface area (Å²) in [7, 11) is 0.